The highest BCUT2D eigenvalue weighted by Crippen LogP contribution is 2.17. The monoisotopic (exact) mass is 380 g/mol. The van der Waals surface area contributed by atoms with E-state index in [4.69, 9.17) is 4.74 Å². The second kappa shape index (κ2) is 8.65. The molecule has 0 spiro atoms. The highest BCUT2D eigenvalue weighted by molar-refractivity contribution is 8.14. The largest absolute Gasteiger partial charge is 0.452 e. The molecule has 2 rings (SSSR count). The summed E-state index contributed by atoms with van der Waals surface area (Å²) in [7, 11) is 1.81. The Balaban J connectivity index is 1.71. The van der Waals surface area contributed by atoms with Gasteiger partial charge in [-0.15, -0.1) is 0 Å². The molecule has 1 aromatic rings. The maximum absolute atomic E-state index is 11.7. The van der Waals surface area contributed by atoms with Gasteiger partial charge < -0.3 is 10.1 Å². The van der Waals surface area contributed by atoms with Crippen LogP contribution in [-0.4, -0.2) is 63.2 Å². The van der Waals surface area contributed by atoms with Crippen molar-refractivity contribution in [1.29, 1.82) is 0 Å². The Bertz CT molecular complexity index is 755. The zero-order valence-corrected chi connectivity index (χ0v) is 15.6. The zero-order chi connectivity index (χ0) is 19.3. The summed E-state index contributed by atoms with van der Waals surface area (Å²) in [6.45, 7) is 3.49. The lowest BCUT2D eigenvalue weighted by Crippen LogP contribution is -2.38. The Morgan fingerprint density at radius 2 is 2.08 bits per heavy atom. The summed E-state index contributed by atoms with van der Waals surface area (Å²) in [6.07, 6.45) is 2.84. The minimum absolute atomic E-state index is 0.101. The number of esters is 1. The van der Waals surface area contributed by atoms with Gasteiger partial charge in [0.05, 0.1) is 11.4 Å². The van der Waals surface area contributed by atoms with Gasteiger partial charge in [-0.25, -0.2) is 4.79 Å². The minimum Gasteiger partial charge on any atom is -0.452 e. The van der Waals surface area contributed by atoms with Crippen molar-refractivity contribution in [2.24, 2.45) is 7.05 Å². The Hall–Kier alpha value is -2.62. The van der Waals surface area contributed by atoms with E-state index in [-0.39, 0.29) is 30.0 Å². The number of hydrogen-bond donors (Lipinski definition) is 1. The number of ether oxygens (including phenoxy) is 1. The molecule has 140 valence electrons. The van der Waals surface area contributed by atoms with Gasteiger partial charge in [-0.1, -0.05) is 11.8 Å². The lowest BCUT2D eigenvalue weighted by Gasteiger charge is -2.12. The van der Waals surface area contributed by atoms with E-state index in [0.29, 0.717) is 0 Å². The maximum Gasteiger partial charge on any atom is 0.331 e. The van der Waals surface area contributed by atoms with Gasteiger partial charge in [-0.3, -0.25) is 24.0 Å². The van der Waals surface area contributed by atoms with Gasteiger partial charge in [-0.05, 0) is 19.9 Å². The molecule has 0 bridgehead atoms. The van der Waals surface area contributed by atoms with Gasteiger partial charge in [0.15, 0.2) is 6.61 Å². The molecule has 26 heavy (non-hydrogen) atoms. The second-order valence-corrected chi connectivity index (χ2v) is 6.53. The molecule has 0 unspecified atom stereocenters. The van der Waals surface area contributed by atoms with Crippen LogP contribution in [0.15, 0.2) is 6.08 Å². The van der Waals surface area contributed by atoms with Crippen molar-refractivity contribution >= 4 is 40.9 Å². The number of carbonyl (C=O) groups is 4. The molecule has 0 atom stereocenters. The summed E-state index contributed by atoms with van der Waals surface area (Å²) >= 11 is 0.935. The third-order valence-electron chi connectivity index (χ3n) is 3.79. The SMILES string of the molecule is Cc1nn(C)c(C)c1/C=C/C(=O)OCC(=O)NCCN1C(=O)CSC1=O. The molecule has 1 N–H and O–H groups in total. The minimum atomic E-state index is -0.649. The van der Waals surface area contributed by atoms with E-state index in [1.807, 2.05) is 20.9 Å². The Morgan fingerprint density at radius 3 is 2.65 bits per heavy atom. The van der Waals surface area contributed by atoms with Crippen molar-refractivity contribution in [3.8, 4) is 0 Å². The van der Waals surface area contributed by atoms with Gasteiger partial charge in [0, 0.05) is 37.5 Å². The van der Waals surface area contributed by atoms with E-state index < -0.39 is 18.5 Å². The van der Waals surface area contributed by atoms with Crippen LogP contribution in [-0.2, 0) is 26.2 Å². The van der Waals surface area contributed by atoms with Crippen LogP contribution < -0.4 is 5.32 Å². The fourth-order valence-corrected chi connectivity index (χ4v) is 3.07. The van der Waals surface area contributed by atoms with Gasteiger partial charge in [0.1, 0.15) is 0 Å². The van der Waals surface area contributed by atoms with Crippen LogP contribution in [0.25, 0.3) is 6.08 Å². The molecule has 9 nitrogen and oxygen atoms in total. The number of nitrogens with one attached hydrogen (secondary N) is 1. The maximum atomic E-state index is 11.7. The third kappa shape index (κ3) is 4.94. The average molecular weight is 380 g/mol. The number of thioether (sulfide) groups is 1. The molecule has 0 aromatic carbocycles. The molecular formula is C16H20N4O5S. The topological polar surface area (TPSA) is 111 Å². The summed E-state index contributed by atoms with van der Waals surface area (Å²) in [5.74, 6) is -1.30. The summed E-state index contributed by atoms with van der Waals surface area (Å²) in [5.41, 5.74) is 2.52. The van der Waals surface area contributed by atoms with Crippen LogP contribution >= 0.6 is 11.8 Å². The Labute approximate surface area is 154 Å². The van der Waals surface area contributed by atoms with E-state index in [0.717, 1.165) is 33.6 Å². The van der Waals surface area contributed by atoms with Gasteiger partial charge >= 0.3 is 5.97 Å². The normalized spacial score (nSPS) is 14.3. The highest BCUT2D eigenvalue weighted by atomic mass is 32.2. The number of rotatable bonds is 7. The molecule has 0 aliphatic carbocycles. The summed E-state index contributed by atoms with van der Waals surface area (Å²) in [6, 6.07) is 0. The fraction of sp³-hybridized carbons (Fsp3) is 0.438. The predicted octanol–water partition coefficient (Wildman–Crippen LogP) is 0.405. The number of carbonyl (C=O) groups excluding carboxylic acids is 4. The summed E-state index contributed by atoms with van der Waals surface area (Å²) < 4.78 is 6.57. The van der Waals surface area contributed by atoms with E-state index in [1.165, 1.54) is 6.08 Å². The number of hydrogen-bond acceptors (Lipinski definition) is 7. The standard InChI is InChI=1S/C16H20N4O5S/c1-10-12(11(2)19(3)18-10)4-5-15(23)25-8-13(21)17-6-7-20-14(22)9-26-16(20)24/h4-5H,6-9H2,1-3H3,(H,17,21)/b5-4+. The van der Waals surface area contributed by atoms with E-state index in [1.54, 1.807) is 10.8 Å². The first-order chi connectivity index (χ1) is 12.3. The van der Waals surface area contributed by atoms with Gasteiger partial charge in [0.25, 0.3) is 11.1 Å². The molecule has 1 saturated heterocycles. The third-order valence-corrected chi connectivity index (χ3v) is 4.65. The van der Waals surface area contributed by atoms with Crippen LogP contribution in [0.4, 0.5) is 4.79 Å². The summed E-state index contributed by atoms with van der Waals surface area (Å²) in [5, 5.41) is 6.41. The van der Waals surface area contributed by atoms with E-state index in [2.05, 4.69) is 10.4 Å². The number of amides is 3. The smallest absolute Gasteiger partial charge is 0.331 e. The fourth-order valence-electron chi connectivity index (χ4n) is 2.32. The quantitative estimate of drug-likeness (QED) is 0.539. The van der Waals surface area contributed by atoms with Crippen molar-refractivity contribution in [3.05, 3.63) is 23.0 Å². The number of aromatic nitrogens is 2. The van der Waals surface area contributed by atoms with Crippen LogP contribution in [0.3, 0.4) is 0 Å². The molecule has 3 amide bonds. The Morgan fingerprint density at radius 1 is 1.35 bits per heavy atom. The molecule has 0 radical (unpaired) electrons. The number of nitrogens with zero attached hydrogens (tertiary/aromatic N) is 3. The van der Waals surface area contributed by atoms with Crippen molar-refractivity contribution in [2.45, 2.75) is 13.8 Å². The van der Waals surface area contributed by atoms with Gasteiger partial charge in [-0.2, -0.15) is 5.10 Å². The molecule has 1 aliphatic rings. The van der Waals surface area contributed by atoms with Gasteiger partial charge in [0.2, 0.25) is 5.91 Å². The van der Waals surface area contributed by atoms with E-state index >= 15 is 0 Å². The van der Waals surface area contributed by atoms with Crippen molar-refractivity contribution in [1.82, 2.24) is 20.0 Å². The highest BCUT2D eigenvalue weighted by Gasteiger charge is 2.29. The van der Waals surface area contributed by atoms with Crippen LogP contribution in [0.2, 0.25) is 0 Å². The number of aryl methyl sites for hydroxylation is 2. The lowest BCUT2D eigenvalue weighted by molar-refractivity contribution is -0.143. The van der Waals surface area contributed by atoms with Crippen LogP contribution in [0.1, 0.15) is 17.0 Å². The molecule has 1 aromatic heterocycles. The average Bonchev–Trinajstić information content (AvgIpc) is 3.03. The molecule has 2 heterocycles. The van der Waals surface area contributed by atoms with Crippen molar-refractivity contribution in [2.75, 3.05) is 25.4 Å². The van der Waals surface area contributed by atoms with Crippen LogP contribution in [0, 0.1) is 13.8 Å². The first kappa shape index (κ1) is 19.7. The first-order valence-electron chi connectivity index (χ1n) is 7.88. The Kier molecular flexibility index (Phi) is 6.56. The molecule has 1 aliphatic heterocycles. The van der Waals surface area contributed by atoms with Crippen molar-refractivity contribution < 1.29 is 23.9 Å². The van der Waals surface area contributed by atoms with E-state index in [9.17, 15) is 19.2 Å². The predicted molar refractivity (Wildman–Crippen MR) is 95.3 cm³/mol. The second-order valence-electron chi connectivity index (χ2n) is 5.60. The summed E-state index contributed by atoms with van der Waals surface area (Å²) in [4.78, 5) is 47.2. The first-order valence-corrected chi connectivity index (χ1v) is 8.87. The molecule has 1 fully saturated rings. The number of imide groups is 1. The van der Waals surface area contributed by atoms with Crippen molar-refractivity contribution in [3.63, 3.8) is 0 Å². The van der Waals surface area contributed by atoms with Crippen LogP contribution in [0.5, 0.6) is 0 Å². The zero-order valence-electron chi connectivity index (χ0n) is 14.8. The lowest BCUT2D eigenvalue weighted by atomic mass is 10.2. The molecule has 10 heteroatoms. The molecule has 0 saturated carbocycles. The molecular weight excluding hydrogens is 360 g/mol.